The molecule has 0 aromatic carbocycles. The van der Waals surface area contributed by atoms with E-state index >= 15 is 0 Å². The largest absolute Gasteiger partial charge is 0.392 e. The summed E-state index contributed by atoms with van der Waals surface area (Å²) in [5, 5.41) is 25.9. The molecule has 0 aliphatic carbocycles. The number of likely N-dealkylation sites (N-methyl/N-ethyl adjacent to an activating group) is 1. The van der Waals surface area contributed by atoms with Crippen molar-refractivity contribution in [3.8, 4) is 0 Å². The highest BCUT2D eigenvalue weighted by Gasteiger charge is 2.17. The lowest BCUT2D eigenvalue weighted by atomic mass is 10.1. The minimum Gasteiger partial charge on any atom is -0.392 e. The molecule has 0 saturated heterocycles. The number of aliphatic hydroxyl groups is 2. The Kier molecular flexibility index (Phi) is 18.5. The van der Waals surface area contributed by atoms with E-state index in [0.717, 1.165) is 50.9 Å². The Hall–Kier alpha value is -0.950. The van der Waals surface area contributed by atoms with E-state index in [1.165, 1.54) is 64.2 Å². The SMILES string of the molecule is CCCCCCCC[C@@H](O)CN(Cc1cnn(CCN(C)C)c1)C[C@H](O)CCCCCCCC. The molecule has 0 aliphatic heterocycles. The van der Waals surface area contributed by atoms with Crippen molar-refractivity contribution in [1.29, 1.82) is 0 Å². The maximum absolute atomic E-state index is 10.7. The van der Waals surface area contributed by atoms with Crippen molar-refractivity contribution in [2.75, 3.05) is 33.7 Å². The molecule has 0 bridgehead atoms. The predicted octanol–water partition coefficient (Wildman–Crippen LogP) is 5.47. The van der Waals surface area contributed by atoms with Crippen LogP contribution in [-0.2, 0) is 13.1 Å². The van der Waals surface area contributed by atoms with Crippen LogP contribution in [-0.4, -0.2) is 75.7 Å². The van der Waals surface area contributed by atoms with Gasteiger partial charge in [0.25, 0.3) is 0 Å². The summed E-state index contributed by atoms with van der Waals surface area (Å²) in [6, 6.07) is 0. The Morgan fingerprint density at radius 1 is 0.794 bits per heavy atom. The van der Waals surface area contributed by atoms with E-state index < -0.39 is 0 Å². The third-order valence-corrected chi connectivity index (χ3v) is 6.59. The van der Waals surface area contributed by atoms with Crippen LogP contribution in [0.5, 0.6) is 0 Å². The zero-order chi connectivity index (χ0) is 25.0. The van der Waals surface area contributed by atoms with E-state index in [4.69, 9.17) is 0 Å². The minimum atomic E-state index is -0.337. The van der Waals surface area contributed by atoms with Crippen molar-refractivity contribution >= 4 is 0 Å². The number of hydrogen-bond donors (Lipinski definition) is 2. The van der Waals surface area contributed by atoms with Crippen LogP contribution >= 0.6 is 0 Å². The smallest absolute Gasteiger partial charge is 0.0667 e. The third-order valence-electron chi connectivity index (χ3n) is 6.59. The lowest BCUT2D eigenvalue weighted by molar-refractivity contribution is 0.0567. The normalized spacial score (nSPS) is 13.8. The molecule has 0 aliphatic rings. The van der Waals surface area contributed by atoms with Gasteiger partial charge in [-0.2, -0.15) is 5.10 Å². The number of aliphatic hydroxyl groups excluding tert-OH is 2. The lowest BCUT2D eigenvalue weighted by Gasteiger charge is -2.27. The molecular formula is C28H56N4O2. The summed E-state index contributed by atoms with van der Waals surface area (Å²) < 4.78 is 1.99. The standard InChI is InChI=1S/C28H56N4O2/c1-5-7-9-11-13-15-17-27(33)24-31(25-28(34)18-16-14-12-10-8-6-2)22-26-21-29-32(23-26)20-19-30(3)4/h21,23,27-28,33-34H,5-20,22,24-25H2,1-4H3/t27-,28-/m1/s1. The van der Waals surface area contributed by atoms with Crippen LogP contribution in [0, 0.1) is 0 Å². The van der Waals surface area contributed by atoms with Gasteiger partial charge in [-0.1, -0.05) is 90.9 Å². The molecule has 0 radical (unpaired) electrons. The van der Waals surface area contributed by atoms with E-state index in [-0.39, 0.29) is 12.2 Å². The van der Waals surface area contributed by atoms with Gasteiger partial charge in [-0.15, -0.1) is 0 Å². The van der Waals surface area contributed by atoms with Gasteiger partial charge >= 0.3 is 0 Å². The van der Waals surface area contributed by atoms with Crippen molar-refractivity contribution in [2.45, 2.75) is 129 Å². The molecule has 1 heterocycles. The summed E-state index contributed by atoms with van der Waals surface area (Å²) in [5.41, 5.74) is 1.15. The average molecular weight is 481 g/mol. The van der Waals surface area contributed by atoms with E-state index in [1.54, 1.807) is 0 Å². The molecule has 6 nitrogen and oxygen atoms in total. The van der Waals surface area contributed by atoms with Crippen LogP contribution in [0.4, 0.5) is 0 Å². The number of aromatic nitrogens is 2. The van der Waals surface area contributed by atoms with Gasteiger partial charge in [-0.25, -0.2) is 0 Å². The molecule has 2 N–H and O–H groups in total. The molecule has 0 unspecified atom stereocenters. The van der Waals surface area contributed by atoms with Gasteiger partial charge in [0.15, 0.2) is 0 Å². The Labute approximate surface area is 210 Å². The monoisotopic (exact) mass is 480 g/mol. The average Bonchev–Trinajstić information content (AvgIpc) is 3.24. The van der Waals surface area contributed by atoms with Crippen molar-refractivity contribution in [2.24, 2.45) is 0 Å². The molecule has 1 rings (SSSR count). The second-order valence-electron chi connectivity index (χ2n) is 10.5. The molecule has 1 aromatic heterocycles. The summed E-state index contributed by atoms with van der Waals surface area (Å²) in [5.74, 6) is 0. The quantitative estimate of drug-likeness (QED) is 0.203. The van der Waals surface area contributed by atoms with Crippen LogP contribution in [0.1, 0.15) is 109 Å². The van der Waals surface area contributed by atoms with E-state index in [2.05, 4.69) is 49.0 Å². The van der Waals surface area contributed by atoms with Crippen molar-refractivity contribution < 1.29 is 10.2 Å². The van der Waals surface area contributed by atoms with E-state index in [1.807, 2.05) is 10.9 Å². The summed E-state index contributed by atoms with van der Waals surface area (Å²) in [6.45, 7) is 8.27. The first-order valence-corrected chi connectivity index (χ1v) is 14.2. The van der Waals surface area contributed by atoms with Gasteiger partial charge in [0.1, 0.15) is 0 Å². The molecule has 0 saturated carbocycles. The Balaban J connectivity index is 2.51. The first kappa shape index (κ1) is 31.1. The molecule has 1 aromatic rings. The van der Waals surface area contributed by atoms with Gasteiger partial charge in [0.05, 0.1) is 24.9 Å². The van der Waals surface area contributed by atoms with Crippen LogP contribution in [0.3, 0.4) is 0 Å². The highest BCUT2D eigenvalue weighted by molar-refractivity contribution is 5.04. The van der Waals surface area contributed by atoms with Gasteiger partial charge in [-0.3, -0.25) is 9.58 Å². The highest BCUT2D eigenvalue weighted by Crippen LogP contribution is 2.14. The van der Waals surface area contributed by atoms with Crippen LogP contribution in [0.2, 0.25) is 0 Å². The number of unbranched alkanes of at least 4 members (excludes halogenated alkanes) is 10. The third kappa shape index (κ3) is 16.6. The Morgan fingerprint density at radius 3 is 1.79 bits per heavy atom. The summed E-state index contributed by atoms with van der Waals surface area (Å²) >= 11 is 0. The molecule has 6 heteroatoms. The fourth-order valence-corrected chi connectivity index (χ4v) is 4.47. The Morgan fingerprint density at radius 2 is 1.29 bits per heavy atom. The molecule has 0 spiro atoms. The second-order valence-corrected chi connectivity index (χ2v) is 10.5. The molecule has 2 atom stereocenters. The number of nitrogens with zero attached hydrogens (tertiary/aromatic N) is 4. The number of hydrogen-bond acceptors (Lipinski definition) is 5. The van der Waals surface area contributed by atoms with E-state index in [9.17, 15) is 10.2 Å². The van der Waals surface area contributed by atoms with Crippen molar-refractivity contribution in [1.82, 2.24) is 19.6 Å². The van der Waals surface area contributed by atoms with Gasteiger partial charge in [0.2, 0.25) is 0 Å². The maximum atomic E-state index is 10.7. The minimum absolute atomic E-state index is 0.337. The van der Waals surface area contributed by atoms with Gasteiger partial charge in [0, 0.05) is 37.9 Å². The maximum Gasteiger partial charge on any atom is 0.0667 e. The summed E-state index contributed by atoms with van der Waals surface area (Å²) in [7, 11) is 4.14. The predicted molar refractivity (Wildman–Crippen MR) is 144 cm³/mol. The second kappa shape index (κ2) is 20.3. The van der Waals surface area contributed by atoms with Crippen LogP contribution < -0.4 is 0 Å². The molecular weight excluding hydrogens is 424 g/mol. The zero-order valence-electron chi connectivity index (χ0n) is 22.9. The summed E-state index contributed by atoms with van der Waals surface area (Å²) in [4.78, 5) is 4.39. The van der Waals surface area contributed by atoms with Crippen LogP contribution in [0.25, 0.3) is 0 Å². The topological polar surface area (TPSA) is 64.8 Å². The van der Waals surface area contributed by atoms with Gasteiger partial charge in [-0.05, 0) is 26.9 Å². The van der Waals surface area contributed by atoms with Crippen molar-refractivity contribution in [3.05, 3.63) is 18.0 Å². The number of rotatable bonds is 23. The first-order valence-electron chi connectivity index (χ1n) is 14.2. The molecule has 200 valence electrons. The van der Waals surface area contributed by atoms with Crippen molar-refractivity contribution in [3.63, 3.8) is 0 Å². The van der Waals surface area contributed by atoms with Gasteiger partial charge < -0.3 is 15.1 Å². The molecule has 0 fully saturated rings. The van der Waals surface area contributed by atoms with Crippen LogP contribution in [0.15, 0.2) is 12.4 Å². The fraction of sp³-hybridized carbons (Fsp3) is 0.893. The molecule has 34 heavy (non-hydrogen) atoms. The lowest BCUT2D eigenvalue weighted by Crippen LogP contribution is -2.37. The van der Waals surface area contributed by atoms with E-state index in [0.29, 0.717) is 13.1 Å². The Bertz CT molecular complexity index is 555. The zero-order valence-corrected chi connectivity index (χ0v) is 22.9. The molecule has 0 amide bonds. The highest BCUT2D eigenvalue weighted by atomic mass is 16.3. The summed E-state index contributed by atoms with van der Waals surface area (Å²) in [6.07, 6.45) is 20.0. The fourth-order valence-electron chi connectivity index (χ4n) is 4.47. The first-order chi connectivity index (χ1) is 16.4.